The Morgan fingerprint density at radius 3 is 1.16 bits per heavy atom. The third-order valence-electron chi connectivity index (χ3n) is 15.7. The number of nitrogens with zero attached hydrogens (tertiary/aromatic N) is 7. The lowest BCUT2D eigenvalue weighted by molar-refractivity contribution is -0.786. The van der Waals surface area contributed by atoms with Gasteiger partial charge in [-0.2, -0.15) is 194 Å². The molecular weight excluding hydrogens is 1730 g/mol. The number of hydrazone groups is 2. The summed E-state index contributed by atoms with van der Waals surface area (Å²) in [6, 6.07) is -4.12. The van der Waals surface area contributed by atoms with E-state index in [-0.39, 0.29) is 0 Å². The van der Waals surface area contributed by atoms with Crippen molar-refractivity contribution in [2.45, 2.75) is 136 Å². The summed E-state index contributed by atoms with van der Waals surface area (Å²) in [7, 11) is 0. The highest BCUT2D eigenvalue weighted by atomic mass is 32.1. The number of carbonyl (C=O) groups is 1. The molecule has 0 spiro atoms. The number of aliphatic imine (C=N–C) groups is 1. The summed E-state index contributed by atoms with van der Waals surface area (Å²) in [4.78, 5) is 18.5. The Bertz CT molecular complexity index is 5110. The highest BCUT2D eigenvalue weighted by molar-refractivity contribution is 7.14. The van der Waals surface area contributed by atoms with E-state index in [0.717, 1.165) is 0 Å². The Hall–Kier alpha value is -10.3. The van der Waals surface area contributed by atoms with Crippen molar-refractivity contribution >= 4 is 74.1 Å². The number of halogens is 42. The highest BCUT2D eigenvalue weighted by Crippen LogP contribution is 2.56. The Balaban J connectivity index is 1.55. The predicted octanol–water partition coefficient (Wildman–Crippen LogP) is 16.9. The van der Waals surface area contributed by atoms with Crippen LogP contribution in [-0.2, 0) is 17.6 Å². The number of hydrazine groups is 2. The molecule has 0 fully saturated rings. The maximum absolute atomic E-state index is 16.2. The van der Waals surface area contributed by atoms with Crippen molar-refractivity contribution in [2.75, 3.05) is 5.32 Å². The zero-order chi connectivity index (χ0) is 85.9. The number of ether oxygens (including phenoxy) is 6. The molecule has 0 amide bonds. The number of alkyl halides is 42. The quantitative estimate of drug-likeness (QED) is 0.0542. The second kappa shape index (κ2) is 26.1. The van der Waals surface area contributed by atoms with Crippen LogP contribution in [0.3, 0.4) is 0 Å². The molecule has 0 saturated carbocycles. The molecule has 60 heteroatoms. The van der Waals surface area contributed by atoms with Crippen LogP contribution >= 0.6 is 11.3 Å². The first-order valence-electron chi connectivity index (χ1n) is 28.8. The normalized spacial score (nSPS) is 16.9. The fraction of sp³-hybridized carbons (Fsp3) is 0.407. The van der Waals surface area contributed by atoms with Gasteiger partial charge in [0.1, 0.15) is 74.1 Å². The molecule has 3 aromatic carbocycles. The fourth-order valence-corrected chi connectivity index (χ4v) is 12.6. The number of carboxylic acids is 1. The number of hydrogen-bond donors (Lipinski definition) is 3. The molecule has 6 aliphatic heterocycles. The number of nitrogens with one attached hydrogen (secondary N) is 2. The van der Waals surface area contributed by atoms with Gasteiger partial charge in [0.25, 0.3) is 59.9 Å². The van der Waals surface area contributed by atoms with Crippen LogP contribution in [0.15, 0.2) is 56.9 Å². The van der Waals surface area contributed by atoms with E-state index in [2.05, 4.69) is 43.4 Å². The van der Waals surface area contributed by atoms with Gasteiger partial charge in [-0.05, 0) is 48.0 Å². The average Bonchev–Trinajstić information content (AvgIpc) is 1.52. The summed E-state index contributed by atoms with van der Waals surface area (Å²) >= 11 is -1.32. The van der Waals surface area contributed by atoms with Crippen molar-refractivity contribution in [3.05, 3.63) is 85.0 Å². The first kappa shape index (κ1) is 84.6. The third kappa shape index (κ3) is 15.2. The smallest absolute Gasteiger partial charge is 0.434 e. The molecule has 0 radical (unpaired) electrons. The van der Waals surface area contributed by atoms with Gasteiger partial charge in [0.2, 0.25) is 0 Å². The molecule has 1 atom stereocenters. The van der Waals surface area contributed by atoms with E-state index in [1.807, 2.05) is 0 Å². The van der Waals surface area contributed by atoms with Crippen LogP contribution in [0.25, 0.3) is 27.6 Å². The number of thiophene rings is 1. The maximum atomic E-state index is 16.2. The van der Waals surface area contributed by atoms with Gasteiger partial charge in [0.05, 0.1) is 27.1 Å². The van der Waals surface area contributed by atoms with E-state index in [9.17, 15) is 181 Å². The summed E-state index contributed by atoms with van der Waals surface area (Å²) in [5.41, 5.74) is -16.4. The summed E-state index contributed by atoms with van der Waals surface area (Å²) < 4.78 is 650. The van der Waals surface area contributed by atoms with E-state index >= 15 is 13.2 Å². The van der Waals surface area contributed by atoms with E-state index < -0.39 is 348 Å². The minimum Gasteiger partial charge on any atom is -0.478 e. The van der Waals surface area contributed by atoms with Crippen molar-refractivity contribution in [1.29, 1.82) is 0 Å². The van der Waals surface area contributed by atoms with Gasteiger partial charge in [-0.15, -0.1) is 11.3 Å². The van der Waals surface area contributed by atoms with Crippen molar-refractivity contribution in [1.82, 2.24) is 14.7 Å². The number of amidine groups is 3. The van der Waals surface area contributed by atoms with Crippen molar-refractivity contribution in [3.63, 3.8) is 0 Å². The number of aliphatic carboxylic acids is 1. The van der Waals surface area contributed by atoms with Gasteiger partial charge in [-0.3, -0.25) is 9.13 Å². The lowest BCUT2D eigenvalue weighted by atomic mass is 10.0. The molecule has 3 N–H and O–H groups in total. The van der Waals surface area contributed by atoms with Gasteiger partial charge in [-0.25, -0.2) is 4.79 Å². The number of fused-ring (bicyclic) bond motifs is 4. The zero-order valence-corrected chi connectivity index (χ0v) is 52.8. The molecule has 114 heavy (non-hydrogen) atoms. The second-order valence-electron chi connectivity index (χ2n) is 23.3. The molecule has 17 nitrogen and oxygen atoms in total. The molecule has 12 rings (SSSR count). The topological polar surface area (TPSA) is 170 Å². The molecule has 6 aliphatic rings. The van der Waals surface area contributed by atoms with Gasteiger partial charge in [-0.1, -0.05) is 9.37 Å². The summed E-state index contributed by atoms with van der Waals surface area (Å²) in [6.45, 7) is -2.61. The Morgan fingerprint density at radius 1 is 0.430 bits per heavy atom. The monoisotopic (exact) mass is 1750 g/mol. The van der Waals surface area contributed by atoms with Crippen LogP contribution in [-0.4, -0.2) is 164 Å². The zero-order valence-electron chi connectivity index (χ0n) is 52.0. The summed E-state index contributed by atoms with van der Waals surface area (Å²) in [5, 5.41) is 1.92. The van der Waals surface area contributed by atoms with Crippen LogP contribution < -0.4 is 50.2 Å². The maximum Gasteiger partial charge on any atom is 0.434 e. The average molecular weight is 1750 g/mol. The highest BCUT2D eigenvalue weighted by Gasteiger charge is 2.67. The molecule has 6 aromatic rings. The molecule has 9 heterocycles. The minimum absolute atomic E-state index is 0.551. The number of hydrogen-bond acceptors (Lipinski definition) is 13. The molecule has 3 aromatic heterocycles. The van der Waals surface area contributed by atoms with Gasteiger partial charge in [0.15, 0.2) is 11.3 Å². The van der Waals surface area contributed by atoms with Crippen LogP contribution in [0.4, 0.5) is 196 Å². The Kier molecular flexibility index (Phi) is 19.4. The molecular formula is C54H19F42N9O8S+2. The first-order valence-corrected chi connectivity index (χ1v) is 29.6. The van der Waals surface area contributed by atoms with Gasteiger partial charge < -0.3 is 38.8 Å². The van der Waals surface area contributed by atoms with E-state index in [1.54, 1.807) is 5.32 Å². The van der Waals surface area contributed by atoms with E-state index in [0.29, 0.717) is 0 Å². The van der Waals surface area contributed by atoms with Gasteiger partial charge >= 0.3 is 98.3 Å². The summed E-state index contributed by atoms with van der Waals surface area (Å²) in [5.74, 6) is -31.5. The SMILES string of the molecule is O=C(O)C(=Cc1sc(C(F)(F)F)c2c3n4c(c12)=NC1=[N+]2N[N+]5=C(N=3)c3c(OC(C(F)(F)F)C(F)(F)F)ccc(OC(C(F)(F)F)C(F)(F)F)c3C5=Nc3c5c(OC(C(F)(F)F)C(F)(F)F)ccc(OC(C(F)(F)F)C(F)(F)F)c5c(n3C4)NC2c2c(OC(C(F)(F)F)C(F)(F)F)ccc(OC(C(F)(F)F)C(F)(F)F)c21)C(F)(F)F. The molecule has 0 saturated heterocycles. The number of carboxylic acid groups (broad SMARTS) is 1. The fourth-order valence-electron chi connectivity index (χ4n) is 11.5. The number of benzene rings is 3. The van der Waals surface area contributed by atoms with Crippen LogP contribution in [0, 0.1) is 0 Å². The Morgan fingerprint density at radius 2 is 0.772 bits per heavy atom. The largest absolute Gasteiger partial charge is 0.478 e. The van der Waals surface area contributed by atoms with Crippen LogP contribution in [0.5, 0.6) is 34.5 Å². The first-order chi connectivity index (χ1) is 51.2. The Labute approximate surface area is 595 Å². The van der Waals surface area contributed by atoms with E-state index in [1.165, 1.54) is 5.53 Å². The van der Waals surface area contributed by atoms with Crippen molar-refractivity contribution in [2.24, 2.45) is 15.0 Å². The van der Waals surface area contributed by atoms with Gasteiger partial charge in [0, 0.05) is 9.87 Å². The van der Waals surface area contributed by atoms with Crippen molar-refractivity contribution in [3.8, 4) is 34.5 Å². The second-order valence-corrected chi connectivity index (χ2v) is 24.4. The standard InChI is InChI=1S/C54H17F42N9O8S/c55-41(56,57)9(34(106)107)7-16-23-24(25(114-16)42(58,59)60)29-100-33-22-15(113-40(53(91,92)93)54(94,95)96)6-4-13(111-38(49(79,80)81)50(82,83)84)20(22)31-98-27-18-11(109-36(45(67,68)69)46(70,71)72)2-1-10(108-35(43(61,62)63)44(64,65)66)17(18)26-97-30-19-12(110-37(47(73,74)75)48(76,77)78)3-5-14(112-39(51(85,86)87)52(88,89)90)21(19)32(104(30)101-105(31)33)99-28(23)103(29)8-102(26)27/h1-7,30,35-40,101H,8H2/p+2. The molecule has 1 unspecified atom stereocenters. The van der Waals surface area contributed by atoms with E-state index in [4.69, 9.17) is 0 Å². The minimum atomic E-state index is -7.11. The lowest BCUT2D eigenvalue weighted by Gasteiger charge is -2.27. The number of aromatic nitrogens is 2. The molecule has 0 aliphatic carbocycles. The van der Waals surface area contributed by atoms with Crippen LogP contribution in [0.2, 0.25) is 0 Å². The van der Waals surface area contributed by atoms with Crippen LogP contribution in [0.1, 0.15) is 38.2 Å². The molecule has 626 valence electrons. The number of anilines is 1. The molecule has 12 bridgehead atoms. The predicted molar refractivity (Wildman–Crippen MR) is 283 cm³/mol. The van der Waals surface area contributed by atoms with Crippen molar-refractivity contribution < 1.29 is 232 Å². The number of rotatable bonds is 14. The summed E-state index contributed by atoms with van der Waals surface area (Å²) in [6.07, 6.45) is -137. The lowest BCUT2D eigenvalue weighted by Crippen LogP contribution is -2.49. The third-order valence-corrected chi connectivity index (χ3v) is 16.8.